The van der Waals surface area contributed by atoms with Gasteiger partial charge in [0.05, 0.1) is 17.5 Å². The second-order valence-electron chi connectivity index (χ2n) is 4.22. The molecule has 0 fully saturated rings. The number of hydrogen-bond acceptors (Lipinski definition) is 4. The Bertz CT molecular complexity index is 605. The molecule has 0 bridgehead atoms. The minimum atomic E-state index is 0. The van der Waals surface area contributed by atoms with Gasteiger partial charge in [0.15, 0.2) is 0 Å². The zero-order valence-electron chi connectivity index (χ0n) is 10.8. The highest BCUT2D eigenvalue weighted by Gasteiger charge is 1.98. The van der Waals surface area contributed by atoms with E-state index in [1.165, 1.54) is 5.56 Å². The highest BCUT2D eigenvalue weighted by atomic mass is 35.5. The average molecular weight is 307 g/mol. The summed E-state index contributed by atoms with van der Waals surface area (Å²) in [5.41, 5.74) is 5.34. The second-order valence-corrected chi connectivity index (χ2v) is 4.94. The van der Waals surface area contributed by atoms with E-state index in [1.807, 2.05) is 16.3 Å². The zero-order chi connectivity index (χ0) is 12.9. The van der Waals surface area contributed by atoms with Crippen molar-refractivity contribution in [3.05, 3.63) is 65.1 Å². The van der Waals surface area contributed by atoms with Crippen LogP contribution in [-0.2, 0) is 13.1 Å². The Kier molecular flexibility index (Phi) is 5.29. The monoisotopic (exact) mass is 306 g/mol. The Balaban J connectivity index is 0.00000147. The van der Waals surface area contributed by atoms with Crippen molar-refractivity contribution < 1.29 is 0 Å². The molecule has 3 rings (SSSR count). The van der Waals surface area contributed by atoms with Crippen LogP contribution in [0.5, 0.6) is 0 Å². The molecule has 104 valence electrons. The first-order chi connectivity index (χ1) is 9.42. The fraction of sp³-hybridized carbons (Fsp3) is 0.143. The average Bonchev–Trinajstić information content (AvgIpc) is 3.13. The number of benzene rings is 1. The summed E-state index contributed by atoms with van der Waals surface area (Å²) in [6.07, 6.45) is 5.52. The normalized spacial score (nSPS) is 10.2. The van der Waals surface area contributed by atoms with E-state index < -0.39 is 0 Å². The molecule has 6 heteroatoms. The number of nitrogens with zero attached hydrogens (tertiary/aromatic N) is 3. The van der Waals surface area contributed by atoms with E-state index >= 15 is 0 Å². The van der Waals surface area contributed by atoms with Gasteiger partial charge in [-0.1, -0.05) is 12.1 Å². The summed E-state index contributed by atoms with van der Waals surface area (Å²) in [6.45, 7) is 1.66. The molecule has 0 aliphatic heterocycles. The summed E-state index contributed by atoms with van der Waals surface area (Å²) in [6, 6.07) is 8.45. The molecule has 0 amide bonds. The minimum absolute atomic E-state index is 0. The van der Waals surface area contributed by atoms with Crippen LogP contribution in [0.15, 0.2) is 53.9 Å². The molecular weight excluding hydrogens is 292 g/mol. The number of imidazole rings is 1. The van der Waals surface area contributed by atoms with Gasteiger partial charge in [-0.2, -0.15) is 0 Å². The van der Waals surface area contributed by atoms with Crippen LogP contribution in [0.2, 0.25) is 0 Å². The van der Waals surface area contributed by atoms with Crippen LogP contribution in [0.4, 0.5) is 0 Å². The van der Waals surface area contributed by atoms with Gasteiger partial charge in [0.1, 0.15) is 0 Å². The number of thiazole rings is 1. The molecule has 0 saturated carbocycles. The van der Waals surface area contributed by atoms with Crippen molar-refractivity contribution in [3.8, 4) is 5.69 Å². The number of nitrogens with one attached hydrogen (secondary N) is 1. The molecule has 0 saturated heterocycles. The lowest BCUT2D eigenvalue weighted by atomic mass is 10.2. The Hall–Kier alpha value is -1.69. The molecule has 3 aromatic rings. The van der Waals surface area contributed by atoms with Gasteiger partial charge in [-0.25, -0.2) is 9.97 Å². The van der Waals surface area contributed by atoms with E-state index in [9.17, 15) is 0 Å². The van der Waals surface area contributed by atoms with Crippen LogP contribution in [0.1, 0.15) is 11.3 Å². The molecule has 0 spiro atoms. The van der Waals surface area contributed by atoms with Crippen LogP contribution < -0.4 is 5.32 Å². The van der Waals surface area contributed by atoms with Crippen molar-refractivity contribution in [2.75, 3.05) is 0 Å². The molecule has 1 N–H and O–H groups in total. The molecule has 0 atom stereocenters. The summed E-state index contributed by atoms with van der Waals surface area (Å²) < 4.78 is 1.99. The van der Waals surface area contributed by atoms with E-state index in [1.54, 1.807) is 23.9 Å². The molecule has 1 aromatic carbocycles. The number of halogens is 1. The summed E-state index contributed by atoms with van der Waals surface area (Å²) in [5.74, 6) is 0. The van der Waals surface area contributed by atoms with Crippen molar-refractivity contribution in [1.82, 2.24) is 19.9 Å². The molecule has 2 heterocycles. The SMILES string of the molecule is Cl.c1cn(-c2ccc(CNCc3cscn3)cc2)cn1. The first-order valence-electron chi connectivity index (χ1n) is 6.07. The van der Waals surface area contributed by atoms with Gasteiger partial charge in [0, 0.05) is 36.6 Å². The number of rotatable bonds is 5. The lowest BCUT2D eigenvalue weighted by Crippen LogP contribution is -2.12. The zero-order valence-corrected chi connectivity index (χ0v) is 12.4. The largest absolute Gasteiger partial charge is 0.307 e. The maximum absolute atomic E-state index is 4.24. The lowest BCUT2D eigenvalue weighted by molar-refractivity contribution is 0.682. The smallest absolute Gasteiger partial charge is 0.0991 e. The van der Waals surface area contributed by atoms with E-state index in [4.69, 9.17) is 0 Å². The van der Waals surface area contributed by atoms with Crippen molar-refractivity contribution in [3.63, 3.8) is 0 Å². The summed E-state index contributed by atoms with van der Waals surface area (Å²) in [4.78, 5) is 8.28. The van der Waals surface area contributed by atoms with E-state index in [0.29, 0.717) is 0 Å². The summed E-state index contributed by atoms with van der Waals surface area (Å²) in [7, 11) is 0. The lowest BCUT2D eigenvalue weighted by Gasteiger charge is -2.05. The van der Waals surface area contributed by atoms with Crippen LogP contribution in [0.3, 0.4) is 0 Å². The molecule has 0 aliphatic rings. The summed E-state index contributed by atoms with van der Waals surface area (Å²) in [5, 5.41) is 5.45. The Morgan fingerprint density at radius 2 is 2.00 bits per heavy atom. The quantitative estimate of drug-likeness (QED) is 0.788. The van der Waals surface area contributed by atoms with Gasteiger partial charge in [-0.15, -0.1) is 23.7 Å². The second kappa shape index (κ2) is 7.19. The molecule has 0 aliphatic carbocycles. The Morgan fingerprint density at radius 1 is 1.15 bits per heavy atom. The van der Waals surface area contributed by atoms with Gasteiger partial charge in [0.2, 0.25) is 0 Å². The van der Waals surface area contributed by atoms with E-state index in [-0.39, 0.29) is 12.4 Å². The Morgan fingerprint density at radius 3 is 2.65 bits per heavy atom. The van der Waals surface area contributed by atoms with E-state index in [0.717, 1.165) is 24.5 Å². The van der Waals surface area contributed by atoms with Gasteiger partial charge in [-0.3, -0.25) is 0 Å². The first-order valence-corrected chi connectivity index (χ1v) is 7.01. The third-order valence-corrected chi connectivity index (χ3v) is 3.49. The summed E-state index contributed by atoms with van der Waals surface area (Å²) >= 11 is 1.63. The maximum Gasteiger partial charge on any atom is 0.0991 e. The van der Waals surface area contributed by atoms with Gasteiger partial charge in [-0.05, 0) is 17.7 Å². The van der Waals surface area contributed by atoms with Crippen LogP contribution >= 0.6 is 23.7 Å². The molecule has 20 heavy (non-hydrogen) atoms. The predicted molar refractivity (Wildman–Crippen MR) is 83.5 cm³/mol. The van der Waals surface area contributed by atoms with E-state index in [2.05, 4.69) is 44.9 Å². The standard InChI is InChI=1S/C14H14N4S.ClH/c1-3-14(18-6-5-15-10-18)4-2-12(1)7-16-8-13-9-19-11-17-13;/h1-6,9-11,16H,7-8H2;1H. The fourth-order valence-electron chi connectivity index (χ4n) is 1.86. The van der Waals surface area contributed by atoms with Gasteiger partial charge < -0.3 is 9.88 Å². The maximum atomic E-state index is 4.24. The molecule has 0 radical (unpaired) electrons. The molecule has 4 nitrogen and oxygen atoms in total. The first kappa shape index (κ1) is 14.7. The van der Waals surface area contributed by atoms with Crippen molar-refractivity contribution >= 4 is 23.7 Å². The van der Waals surface area contributed by atoms with Crippen LogP contribution in [0, 0.1) is 0 Å². The number of aromatic nitrogens is 3. The predicted octanol–water partition coefficient (Wildman–Crippen LogP) is 3.04. The highest BCUT2D eigenvalue weighted by molar-refractivity contribution is 7.07. The van der Waals surface area contributed by atoms with Crippen molar-refractivity contribution in [2.45, 2.75) is 13.1 Å². The third-order valence-electron chi connectivity index (χ3n) is 2.86. The number of hydrogen-bond donors (Lipinski definition) is 1. The topological polar surface area (TPSA) is 42.7 Å². The van der Waals surface area contributed by atoms with Crippen molar-refractivity contribution in [2.24, 2.45) is 0 Å². The van der Waals surface area contributed by atoms with Gasteiger partial charge in [0.25, 0.3) is 0 Å². The van der Waals surface area contributed by atoms with Crippen LogP contribution in [-0.4, -0.2) is 14.5 Å². The molecule has 2 aromatic heterocycles. The molecule has 0 unspecified atom stereocenters. The van der Waals surface area contributed by atoms with Crippen molar-refractivity contribution in [1.29, 1.82) is 0 Å². The van der Waals surface area contributed by atoms with Gasteiger partial charge >= 0.3 is 0 Å². The third kappa shape index (κ3) is 3.66. The Labute approximate surface area is 127 Å². The van der Waals surface area contributed by atoms with Crippen LogP contribution in [0.25, 0.3) is 5.69 Å². The molecular formula is C14H15ClN4S. The fourth-order valence-corrected chi connectivity index (χ4v) is 2.42. The minimum Gasteiger partial charge on any atom is -0.307 e. The highest BCUT2D eigenvalue weighted by Crippen LogP contribution is 2.09.